The predicted octanol–water partition coefficient (Wildman–Crippen LogP) is 9.20. The molecular weight excluding hydrogens is 492 g/mol. The van der Waals surface area contributed by atoms with Crippen molar-refractivity contribution in [3.8, 4) is 0 Å². The van der Waals surface area contributed by atoms with Crippen LogP contribution in [0.4, 0.5) is 0 Å². The molecule has 228 valence electrons. The first kappa shape index (κ1) is 35.4. The molecule has 0 aliphatic heterocycles. The smallest absolute Gasteiger partial charge is 0.303 e. The summed E-state index contributed by atoms with van der Waals surface area (Å²) in [7, 11) is 0. The Hall–Kier alpha value is -1.59. The first-order valence-electron chi connectivity index (χ1n) is 15.8. The molecule has 0 atom stereocenters. The summed E-state index contributed by atoms with van der Waals surface area (Å²) < 4.78 is 0. The van der Waals surface area contributed by atoms with Crippen molar-refractivity contribution in [3.63, 3.8) is 0 Å². The summed E-state index contributed by atoms with van der Waals surface area (Å²) in [6.45, 7) is 13.3. The van der Waals surface area contributed by atoms with Crippen LogP contribution < -0.4 is 0 Å². The van der Waals surface area contributed by atoms with E-state index in [0.29, 0.717) is 37.0 Å². The Morgan fingerprint density at radius 2 is 0.718 bits per heavy atom. The molecule has 1 saturated carbocycles. The second-order valence-electron chi connectivity index (χ2n) is 14.6. The average molecular weight is 553 g/mol. The first-order chi connectivity index (χ1) is 18.1. The van der Waals surface area contributed by atoms with Crippen LogP contribution in [0, 0.1) is 34.0 Å². The minimum atomic E-state index is -0.782. The number of carboxylic acids is 3. The van der Waals surface area contributed by atoms with Gasteiger partial charge in [0.25, 0.3) is 0 Å². The number of hydrogen-bond acceptors (Lipinski definition) is 3. The van der Waals surface area contributed by atoms with Gasteiger partial charge in [0.1, 0.15) is 0 Å². The molecule has 6 heteroatoms. The molecule has 1 fully saturated rings. The topological polar surface area (TPSA) is 112 Å². The van der Waals surface area contributed by atoms with Crippen molar-refractivity contribution in [1.82, 2.24) is 0 Å². The SMILES string of the molecule is CC(C)CCCC1(CCC(=O)O)CC(CCCC(C)C)(CCC(=O)O)CC(CCCC(C)C)(CCC(=O)O)C1. The third-order valence-corrected chi connectivity index (χ3v) is 9.32. The fourth-order valence-corrected chi connectivity index (χ4v) is 7.78. The van der Waals surface area contributed by atoms with Crippen LogP contribution in [0.5, 0.6) is 0 Å². The zero-order valence-corrected chi connectivity index (χ0v) is 26.0. The van der Waals surface area contributed by atoms with E-state index in [2.05, 4.69) is 41.5 Å². The van der Waals surface area contributed by atoms with E-state index in [-0.39, 0.29) is 35.5 Å². The minimum absolute atomic E-state index is 0.115. The summed E-state index contributed by atoms with van der Waals surface area (Å²) >= 11 is 0. The summed E-state index contributed by atoms with van der Waals surface area (Å²) in [4.78, 5) is 35.6. The fraction of sp³-hybridized carbons (Fsp3) is 0.909. The largest absolute Gasteiger partial charge is 0.481 e. The molecule has 39 heavy (non-hydrogen) atoms. The number of hydrogen-bond donors (Lipinski definition) is 3. The van der Waals surface area contributed by atoms with Gasteiger partial charge in [-0.05, 0) is 91.8 Å². The maximum absolute atomic E-state index is 11.9. The van der Waals surface area contributed by atoms with Gasteiger partial charge in [-0.1, -0.05) is 80.1 Å². The van der Waals surface area contributed by atoms with Gasteiger partial charge in [-0.2, -0.15) is 0 Å². The Kier molecular flexibility index (Phi) is 15.1. The molecule has 6 nitrogen and oxygen atoms in total. The molecule has 0 unspecified atom stereocenters. The Labute approximate surface area is 238 Å². The van der Waals surface area contributed by atoms with Gasteiger partial charge in [-0.25, -0.2) is 0 Å². The maximum Gasteiger partial charge on any atom is 0.303 e. The fourth-order valence-electron chi connectivity index (χ4n) is 7.78. The van der Waals surface area contributed by atoms with Crippen LogP contribution in [0.2, 0.25) is 0 Å². The lowest BCUT2D eigenvalue weighted by molar-refractivity contribution is -0.141. The van der Waals surface area contributed by atoms with Crippen LogP contribution in [0.3, 0.4) is 0 Å². The number of rotatable bonds is 21. The summed E-state index contributed by atoms with van der Waals surface area (Å²) in [6.07, 6.45) is 13.9. The highest BCUT2D eigenvalue weighted by Gasteiger charge is 2.53. The third kappa shape index (κ3) is 14.0. The highest BCUT2D eigenvalue weighted by atomic mass is 16.4. The molecule has 0 aromatic carbocycles. The van der Waals surface area contributed by atoms with Gasteiger partial charge < -0.3 is 15.3 Å². The van der Waals surface area contributed by atoms with Crippen LogP contribution in [-0.2, 0) is 14.4 Å². The van der Waals surface area contributed by atoms with E-state index in [0.717, 1.165) is 77.0 Å². The number of aliphatic carboxylic acids is 3. The first-order valence-corrected chi connectivity index (χ1v) is 15.8. The van der Waals surface area contributed by atoms with Gasteiger partial charge in [-0.15, -0.1) is 0 Å². The minimum Gasteiger partial charge on any atom is -0.481 e. The van der Waals surface area contributed by atoms with Gasteiger partial charge in [0.15, 0.2) is 0 Å². The lowest BCUT2D eigenvalue weighted by Crippen LogP contribution is -2.47. The molecule has 0 bridgehead atoms. The molecule has 0 radical (unpaired) electrons. The van der Waals surface area contributed by atoms with Gasteiger partial charge in [-0.3, -0.25) is 14.4 Å². The van der Waals surface area contributed by atoms with Crippen LogP contribution in [0.25, 0.3) is 0 Å². The Bertz CT molecular complexity index is 647. The van der Waals surface area contributed by atoms with Crippen LogP contribution >= 0.6 is 0 Å². The number of carboxylic acid groups (broad SMARTS) is 3. The van der Waals surface area contributed by atoms with E-state index >= 15 is 0 Å². The standard InChI is InChI=1S/C33H60O6/c1-25(2)10-7-16-31(19-13-28(34)35)22-32(20-14-29(36)37,17-8-11-26(3)4)24-33(23-31,21-15-30(38)39)18-9-12-27(5)6/h25-27H,7-24H2,1-6H3,(H,34,35)(H,36,37)(H,38,39). The van der Waals surface area contributed by atoms with Crippen molar-refractivity contribution in [2.24, 2.45) is 34.0 Å². The molecule has 0 spiro atoms. The summed E-state index contributed by atoms with van der Waals surface area (Å²) in [6, 6.07) is 0. The lowest BCUT2D eigenvalue weighted by Gasteiger charge is -2.58. The highest BCUT2D eigenvalue weighted by molar-refractivity contribution is 5.67. The van der Waals surface area contributed by atoms with Crippen molar-refractivity contribution in [3.05, 3.63) is 0 Å². The summed E-state index contributed by atoms with van der Waals surface area (Å²) in [5, 5.41) is 29.2. The average Bonchev–Trinajstić information content (AvgIpc) is 2.80. The van der Waals surface area contributed by atoms with Crippen LogP contribution in [0.15, 0.2) is 0 Å². The van der Waals surface area contributed by atoms with E-state index in [1.807, 2.05) is 0 Å². The molecule has 1 aliphatic carbocycles. The highest BCUT2D eigenvalue weighted by Crippen LogP contribution is 2.64. The zero-order valence-electron chi connectivity index (χ0n) is 26.0. The quantitative estimate of drug-likeness (QED) is 0.131. The third-order valence-electron chi connectivity index (χ3n) is 9.32. The van der Waals surface area contributed by atoms with Gasteiger partial charge in [0.2, 0.25) is 0 Å². The predicted molar refractivity (Wildman–Crippen MR) is 158 cm³/mol. The molecular formula is C33H60O6. The van der Waals surface area contributed by atoms with Gasteiger partial charge >= 0.3 is 17.9 Å². The Balaban J connectivity index is 3.63. The normalized spacial score (nSPS) is 25.5. The molecule has 0 amide bonds. The van der Waals surface area contributed by atoms with E-state index in [9.17, 15) is 29.7 Å². The van der Waals surface area contributed by atoms with E-state index in [4.69, 9.17) is 0 Å². The summed E-state index contributed by atoms with van der Waals surface area (Å²) in [5.41, 5.74) is -0.589. The van der Waals surface area contributed by atoms with E-state index < -0.39 is 17.9 Å². The Morgan fingerprint density at radius 3 is 0.897 bits per heavy atom. The Morgan fingerprint density at radius 1 is 0.487 bits per heavy atom. The molecule has 0 heterocycles. The molecule has 1 rings (SSSR count). The monoisotopic (exact) mass is 552 g/mol. The van der Waals surface area contributed by atoms with Crippen molar-refractivity contribution < 1.29 is 29.7 Å². The van der Waals surface area contributed by atoms with Crippen molar-refractivity contribution >= 4 is 17.9 Å². The molecule has 0 saturated heterocycles. The van der Waals surface area contributed by atoms with Crippen molar-refractivity contribution in [1.29, 1.82) is 0 Å². The zero-order chi connectivity index (χ0) is 29.7. The number of carbonyl (C=O) groups is 3. The van der Waals surface area contributed by atoms with Gasteiger partial charge in [0.05, 0.1) is 0 Å². The van der Waals surface area contributed by atoms with Crippen molar-refractivity contribution in [2.45, 2.75) is 157 Å². The lowest BCUT2D eigenvalue weighted by atomic mass is 9.47. The van der Waals surface area contributed by atoms with Gasteiger partial charge in [0, 0.05) is 19.3 Å². The molecule has 0 aromatic rings. The van der Waals surface area contributed by atoms with E-state index in [1.54, 1.807) is 0 Å². The van der Waals surface area contributed by atoms with Crippen LogP contribution in [0.1, 0.15) is 157 Å². The second kappa shape index (κ2) is 16.6. The van der Waals surface area contributed by atoms with Crippen molar-refractivity contribution in [2.75, 3.05) is 0 Å². The van der Waals surface area contributed by atoms with Crippen LogP contribution in [-0.4, -0.2) is 33.2 Å². The van der Waals surface area contributed by atoms with E-state index in [1.165, 1.54) is 0 Å². The summed E-state index contributed by atoms with van der Waals surface area (Å²) in [5.74, 6) is -0.649. The maximum atomic E-state index is 11.9. The second-order valence-corrected chi connectivity index (χ2v) is 14.6. The molecule has 1 aliphatic rings. The molecule has 3 N–H and O–H groups in total. The molecule has 0 aromatic heterocycles.